The number of nitrogens with zero attached hydrogens (tertiary/aromatic N) is 1. The van der Waals surface area contributed by atoms with Crippen LogP contribution in [-0.4, -0.2) is 37.6 Å². The predicted octanol–water partition coefficient (Wildman–Crippen LogP) is 3.91. The van der Waals surface area contributed by atoms with E-state index < -0.39 is 0 Å². The zero-order valence-electron chi connectivity index (χ0n) is 14.3. The maximum absolute atomic E-state index is 3.60. The van der Waals surface area contributed by atoms with Gasteiger partial charge in [0.05, 0.1) is 0 Å². The summed E-state index contributed by atoms with van der Waals surface area (Å²) in [5.41, 5.74) is 0.580. The zero-order chi connectivity index (χ0) is 14.6. The normalized spacial score (nSPS) is 35.1. The molecule has 0 bridgehead atoms. The second kappa shape index (κ2) is 7.26. The minimum atomic E-state index is 0.580. The van der Waals surface area contributed by atoms with Crippen LogP contribution in [0, 0.1) is 17.3 Å². The van der Waals surface area contributed by atoms with Crippen LogP contribution in [0.25, 0.3) is 0 Å². The number of hydrogen-bond donors (Lipinski definition) is 1. The Balaban J connectivity index is 1.85. The van der Waals surface area contributed by atoms with E-state index in [0.717, 1.165) is 17.9 Å². The quantitative estimate of drug-likeness (QED) is 0.821. The lowest BCUT2D eigenvalue weighted by Crippen LogP contribution is -2.47. The summed E-state index contributed by atoms with van der Waals surface area (Å²) < 4.78 is 0. The van der Waals surface area contributed by atoms with Crippen LogP contribution in [0.2, 0.25) is 0 Å². The summed E-state index contributed by atoms with van der Waals surface area (Å²) in [7, 11) is 2.16. The molecule has 2 nitrogen and oxygen atoms in total. The Morgan fingerprint density at radius 3 is 2.45 bits per heavy atom. The van der Waals surface area contributed by atoms with Crippen molar-refractivity contribution in [2.75, 3.05) is 26.7 Å². The van der Waals surface area contributed by atoms with Crippen LogP contribution >= 0.6 is 0 Å². The Labute approximate surface area is 126 Å². The maximum Gasteiger partial charge on any atom is 0.0105 e. The van der Waals surface area contributed by atoms with Crippen molar-refractivity contribution in [1.29, 1.82) is 0 Å². The molecular weight excluding hydrogens is 244 g/mol. The molecule has 0 radical (unpaired) electrons. The molecule has 0 spiro atoms. The van der Waals surface area contributed by atoms with Gasteiger partial charge in [0, 0.05) is 12.6 Å². The van der Waals surface area contributed by atoms with E-state index in [2.05, 4.69) is 38.0 Å². The molecule has 2 rings (SSSR count). The van der Waals surface area contributed by atoms with Crippen LogP contribution in [0.15, 0.2) is 0 Å². The third-order valence-electron chi connectivity index (χ3n) is 5.86. The molecule has 1 aliphatic carbocycles. The molecule has 3 atom stereocenters. The molecule has 2 aliphatic rings. The first-order chi connectivity index (χ1) is 9.54. The summed E-state index contributed by atoms with van der Waals surface area (Å²) in [5, 5.41) is 3.60. The molecule has 1 saturated heterocycles. The van der Waals surface area contributed by atoms with Crippen LogP contribution in [-0.2, 0) is 0 Å². The zero-order valence-corrected chi connectivity index (χ0v) is 14.3. The van der Waals surface area contributed by atoms with Gasteiger partial charge < -0.3 is 10.2 Å². The predicted molar refractivity (Wildman–Crippen MR) is 88.0 cm³/mol. The molecule has 20 heavy (non-hydrogen) atoms. The van der Waals surface area contributed by atoms with Crippen LogP contribution in [0.1, 0.15) is 65.7 Å². The molecule has 2 fully saturated rings. The topological polar surface area (TPSA) is 15.3 Å². The molecule has 1 heterocycles. The van der Waals surface area contributed by atoms with Gasteiger partial charge in [0.1, 0.15) is 0 Å². The largest absolute Gasteiger partial charge is 0.317 e. The minimum Gasteiger partial charge on any atom is -0.317 e. The molecule has 3 unspecified atom stereocenters. The van der Waals surface area contributed by atoms with Crippen molar-refractivity contribution in [3.8, 4) is 0 Å². The lowest BCUT2D eigenvalue weighted by Gasteiger charge is -2.42. The van der Waals surface area contributed by atoms with E-state index in [0.29, 0.717) is 5.41 Å². The highest BCUT2D eigenvalue weighted by molar-refractivity contribution is 4.87. The highest BCUT2D eigenvalue weighted by Crippen LogP contribution is 2.35. The van der Waals surface area contributed by atoms with E-state index >= 15 is 0 Å². The van der Waals surface area contributed by atoms with Gasteiger partial charge in [0.15, 0.2) is 0 Å². The highest BCUT2D eigenvalue weighted by Gasteiger charge is 2.32. The minimum absolute atomic E-state index is 0.580. The van der Waals surface area contributed by atoms with Crippen LogP contribution in [0.5, 0.6) is 0 Å². The fraction of sp³-hybridized carbons (Fsp3) is 1.00. The summed E-state index contributed by atoms with van der Waals surface area (Å²) >= 11 is 0. The molecule has 1 saturated carbocycles. The first-order valence-electron chi connectivity index (χ1n) is 8.93. The van der Waals surface area contributed by atoms with Gasteiger partial charge in [-0.3, -0.25) is 0 Å². The second-order valence-electron chi connectivity index (χ2n) is 8.09. The van der Waals surface area contributed by atoms with Gasteiger partial charge in [-0.15, -0.1) is 0 Å². The van der Waals surface area contributed by atoms with Gasteiger partial charge in [-0.1, -0.05) is 33.6 Å². The van der Waals surface area contributed by atoms with E-state index in [1.54, 1.807) is 0 Å². The van der Waals surface area contributed by atoms with E-state index in [1.165, 1.54) is 64.6 Å². The molecule has 0 amide bonds. The Morgan fingerprint density at radius 2 is 1.85 bits per heavy atom. The molecule has 0 aromatic carbocycles. The number of likely N-dealkylation sites (tertiary alicyclic amines) is 1. The van der Waals surface area contributed by atoms with Gasteiger partial charge in [-0.2, -0.15) is 0 Å². The summed E-state index contributed by atoms with van der Waals surface area (Å²) in [4.78, 5) is 2.74. The van der Waals surface area contributed by atoms with Crippen molar-refractivity contribution in [1.82, 2.24) is 10.2 Å². The van der Waals surface area contributed by atoms with Crippen LogP contribution in [0.4, 0.5) is 0 Å². The van der Waals surface area contributed by atoms with Crippen molar-refractivity contribution >= 4 is 0 Å². The fourth-order valence-corrected chi connectivity index (χ4v) is 4.29. The van der Waals surface area contributed by atoms with Gasteiger partial charge in [-0.25, -0.2) is 0 Å². The van der Waals surface area contributed by atoms with Crippen molar-refractivity contribution in [2.45, 2.75) is 71.8 Å². The van der Waals surface area contributed by atoms with Crippen molar-refractivity contribution in [3.63, 3.8) is 0 Å². The van der Waals surface area contributed by atoms with E-state index in [4.69, 9.17) is 0 Å². The van der Waals surface area contributed by atoms with Crippen molar-refractivity contribution in [2.24, 2.45) is 17.3 Å². The first kappa shape index (κ1) is 16.3. The average molecular weight is 280 g/mol. The Bertz CT molecular complexity index is 277. The summed E-state index contributed by atoms with van der Waals surface area (Å²) in [6.45, 7) is 11.2. The maximum atomic E-state index is 3.60. The Morgan fingerprint density at radius 1 is 1.15 bits per heavy atom. The molecule has 1 aliphatic heterocycles. The summed E-state index contributed by atoms with van der Waals surface area (Å²) in [6, 6.07) is 0.762. The third kappa shape index (κ3) is 4.46. The lowest BCUT2D eigenvalue weighted by atomic mass is 9.75. The molecule has 0 aromatic rings. The molecule has 1 N–H and O–H groups in total. The van der Waals surface area contributed by atoms with Crippen LogP contribution in [0.3, 0.4) is 0 Å². The third-order valence-corrected chi connectivity index (χ3v) is 5.86. The molecule has 0 aromatic heterocycles. The van der Waals surface area contributed by atoms with Gasteiger partial charge in [0.2, 0.25) is 0 Å². The number of rotatable bonds is 5. The summed E-state index contributed by atoms with van der Waals surface area (Å²) in [5.74, 6) is 1.88. The van der Waals surface area contributed by atoms with Gasteiger partial charge >= 0.3 is 0 Å². The Hall–Kier alpha value is -0.0800. The average Bonchev–Trinajstić information content (AvgIpc) is 2.42. The molecular formula is C18H36N2. The van der Waals surface area contributed by atoms with Crippen molar-refractivity contribution < 1.29 is 0 Å². The lowest BCUT2D eigenvalue weighted by molar-refractivity contribution is 0.0871. The summed E-state index contributed by atoms with van der Waals surface area (Å²) in [6.07, 6.45) is 9.86. The van der Waals surface area contributed by atoms with Gasteiger partial charge in [0.25, 0.3) is 0 Å². The van der Waals surface area contributed by atoms with Gasteiger partial charge in [-0.05, 0) is 69.5 Å². The molecule has 118 valence electrons. The fourth-order valence-electron chi connectivity index (χ4n) is 4.29. The monoisotopic (exact) mass is 280 g/mol. The number of hydrogen-bond acceptors (Lipinski definition) is 2. The van der Waals surface area contributed by atoms with Crippen LogP contribution < -0.4 is 5.32 Å². The SMILES string of the molecule is CCCC1CCC(NC)C(CN2CCC(C)(C)CC2)C1. The second-order valence-corrected chi connectivity index (χ2v) is 8.09. The van der Waals surface area contributed by atoms with Crippen molar-refractivity contribution in [3.05, 3.63) is 0 Å². The van der Waals surface area contributed by atoms with E-state index in [-0.39, 0.29) is 0 Å². The first-order valence-corrected chi connectivity index (χ1v) is 8.93. The number of piperidine rings is 1. The standard InChI is InChI=1S/C18H36N2/c1-5-6-15-7-8-17(19-4)16(13-15)14-20-11-9-18(2,3)10-12-20/h15-17,19H,5-14H2,1-4H3. The highest BCUT2D eigenvalue weighted by atomic mass is 15.1. The molecule has 2 heteroatoms. The number of nitrogens with one attached hydrogen (secondary N) is 1. The van der Waals surface area contributed by atoms with E-state index in [9.17, 15) is 0 Å². The van der Waals surface area contributed by atoms with E-state index in [1.807, 2.05) is 0 Å². The smallest absolute Gasteiger partial charge is 0.0105 e. The Kier molecular flexibility index (Phi) is 5.92.